The number of carbonyl (C=O) groups is 1. The molecule has 0 aromatic rings. The second-order valence-corrected chi connectivity index (χ2v) is 14.4. The molecule has 1 saturated heterocycles. The molecule has 0 bridgehead atoms. The van der Waals surface area contributed by atoms with Crippen LogP contribution in [0.2, 0.25) is 0 Å². The van der Waals surface area contributed by atoms with Crippen molar-refractivity contribution in [3.8, 4) is 0 Å². The van der Waals surface area contributed by atoms with Gasteiger partial charge >= 0.3 is 0 Å². The van der Waals surface area contributed by atoms with Gasteiger partial charge in [0.2, 0.25) is 5.91 Å². The van der Waals surface area contributed by atoms with Gasteiger partial charge in [0.05, 0.1) is 25.4 Å². The molecule has 1 aliphatic heterocycles. The van der Waals surface area contributed by atoms with E-state index >= 15 is 0 Å². The molecule has 0 aromatic heterocycles. The van der Waals surface area contributed by atoms with Crippen molar-refractivity contribution in [2.75, 3.05) is 13.2 Å². The van der Waals surface area contributed by atoms with Gasteiger partial charge in [-0.05, 0) is 12.8 Å². The number of rotatable bonds is 33. The summed E-state index contributed by atoms with van der Waals surface area (Å²) in [5.41, 5.74) is 0. The van der Waals surface area contributed by atoms with E-state index in [9.17, 15) is 30.3 Å². The first-order valence-corrected chi connectivity index (χ1v) is 20.2. The van der Waals surface area contributed by atoms with Crippen LogP contribution < -0.4 is 5.32 Å². The predicted molar refractivity (Wildman–Crippen MR) is 194 cm³/mol. The predicted octanol–water partition coefficient (Wildman–Crippen LogP) is 7.22. The molecule has 9 heteroatoms. The zero-order valence-electron chi connectivity index (χ0n) is 31.0. The molecule has 0 radical (unpaired) electrons. The van der Waals surface area contributed by atoms with E-state index in [1.54, 1.807) is 0 Å². The van der Waals surface area contributed by atoms with Crippen LogP contribution in [0.15, 0.2) is 0 Å². The van der Waals surface area contributed by atoms with E-state index in [2.05, 4.69) is 19.2 Å². The lowest BCUT2D eigenvalue weighted by Crippen LogP contribution is -2.60. The van der Waals surface area contributed by atoms with Gasteiger partial charge in [0.1, 0.15) is 24.4 Å². The van der Waals surface area contributed by atoms with Gasteiger partial charge in [0.25, 0.3) is 0 Å². The number of hydrogen-bond donors (Lipinski definition) is 6. The van der Waals surface area contributed by atoms with Crippen LogP contribution in [-0.4, -0.2) is 87.5 Å². The summed E-state index contributed by atoms with van der Waals surface area (Å²) < 4.78 is 11.2. The fraction of sp³-hybridized carbons (Fsp3) is 0.974. The highest BCUT2D eigenvalue weighted by Gasteiger charge is 2.44. The molecule has 0 aliphatic carbocycles. The van der Waals surface area contributed by atoms with Gasteiger partial charge in [-0.15, -0.1) is 0 Å². The van der Waals surface area contributed by atoms with Crippen LogP contribution in [-0.2, 0) is 14.3 Å². The molecule has 9 nitrogen and oxygen atoms in total. The minimum absolute atomic E-state index is 0.133. The largest absolute Gasteiger partial charge is 0.394 e. The average molecular weight is 688 g/mol. The SMILES string of the molecule is CCCCCCCCCCCCCCCCC[C@@H](O)[C@H](CO[C@@H]1O[C@H](CO)[C@H](O)C(O)C1O)NC(=O)CCCCCCCCCCCC. The van der Waals surface area contributed by atoms with E-state index in [1.165, 1.54) is 122 Å². The van der Waals surface area contributed by atoms with Gasteiger partial charge in [-0.3, -0.25) is 4.79 Å². The second kappa shape index (κ2) is 31.0. The number of ether oxygens (including phenoxy) is 2. The van der Waals surface area contributed by atoms with Crippen molar-refractivity contribution < 1.29 is 39.8 Å². The lowest BCUT2D eigenvalue weighted by molar-refractivity contribution is -0.302. The molecule has 286 valence electrons. The molecule has 6 N–H and O–H groups in total. The van der Waals surface area contributed by atoms with Gasteiger partial charge in [-0.25, -0.2) is 0 Å². The molecule has 7 atom stereocenters. The molecule has 48 heavy (non-hydrogen) atoms. The number of carbonyl (C=O) groups excluding carboxylic acids is 1. The monoisotopic (exact) mass is 688 g/mol. The molecule has 1 fully saturated rings. The molecule has 2 unspecified atom stereocenters. The Bertz CT molecular complexity index is 726. The van der Waals surface area contributed by atoms with Crippen LogP contribution in [0, 0.1) is 0 Å². The molecule has 0 aromatic carbocycles. The standard InChI is InChI=1S/C39H77NO8/c1-3-5-7-9-11-13-15-16-17-18-19-20-22-24-26-28-33(42)32(31-47-39-38(46)37(45)36(44)34(30-41)48-39)40-35(43)29-27-25-23-21-14-12-10-8-6-4-2/h32-34,36-39,41-42,44-46H,3-31H2,1-2H3,(H,40,43)/t32-,33+,34+,36-,37?,38?,39+/m0/s1. The van der Waals surface area contributed by atoms with Gasteiger partial charge in [0.15, 0.2) is 6.29 Å². The van der Waals surface area contributed by atoms with E-state index in [0.717, 1.165) is 38.5 Å². The fourth-order valence-electron chi connectivity index (χ4n) is 6.63. The van der Waals surface area contributed by atoms with Gasteiger partial charge in [0, 0.05) is 6.42 Å². The third kappa shape index (κ3) is 22.1. The van der Waals surface area contributed by atoms with Crippen molar-refractivity contribution in [1.82, 2.24) is 5.32 Å². The van der Waals surface area contributed by atoms with Crippen molar-refractivity contribution in [2.45, 2.75) is 230 Å². The molecular weight excluding hydrogens is 610 g/mol. The number of aliphatic hydroxyl groups excluding tert-OH is 5. The Morgan fingerprint density at radius 3 is 1.48 bits per heavy atom. The summed E-state index contributed by atoms with van der Waals surface area (Å²) in [4.78, 5) is 12.9. The Morgan fingerprint density at radius 2 is 1.04 bits per heavy atom. The summed E-state index contributed by atoms with van der Waals surface area (Å²) in [6, 6.07) is -0.709. The van der Waals surface area contributed by atoms with Gasteiger partial charge < -0.3 is 40.3 Å². The minimum atomic E-state index is -1.55. The second-order valence-electron chi connectivity index (χ2n) is 14.4. The van der Waals surface area contributed by atoms with Crippen molar-refractivity contribution >= 4 is 5.91 Å². The number of amides is 1. The van der Waals surface area contributed by atoms with Crippen LogP contribution in [0.3, 0.4) is 0 Å². The van der Waals surface area contributed by atoms with Gasteiger partial charge in [-0.2, -0.15) is 0 Å². The highest BCUT2D eigenvalue weighted by atomic mass is 16.7. The van der Waals surface area contributed by atoms with E-state index in [1.807, 2.05) is 0 Å². The molecule has 1 aliphatic rings. The van der Waals surface area contributed by atoms with Crippen LogP contribution >= 0.6 is 0 Å². The van der Waals surface area contributed by atoms with Crippen molar-refractivity contribution in [3.05, 3.63) is 0 Å². The fourth-order valence-corrected chi connectivity index (χ4v) is 6.63. The lowest BCUT2D eigenvalue weighted by atomic mass is 9.99. The average Bonchev–Trinajstić information content (AvgIpc) is 3.08. The smallest absolute Gasteiger partial charge is 0.220 e. The summed E-state index contributed by atoms with van der Waals surface area (Å²) in [5.74, 6) is -0.146. The summed E-state index contributed by atoms with van der Waals surface area (Å²) in [6.07, 6.45) is 23.9. The van der Waals surface area contributed by atoms with E-state index in [0.29, 0.717) is 12.8 Å². The summed E-state index contributed by atoms with van der Waals surface area (Å²) >= 11 is 0. The van der Waals surface area contributed by atoms with Crippen LogP contribution in [0.5, 0.6) is 0 Å². The Hall–Kier alpha value is -0.810. The van der Waals surface area contributed by atoms with Crippen molar-refractivity contribution in [1.29, 1.82) is 0 Å². The Kier molecular flexibility index (Phi) is 29.2. The first-order valence-electron chi connectivity index (χ1n) is 20.2. The highest BCUT2D eigenvalue weighted by molar-refractivity contribution is 5.76. The number of nitrogens with one attached hydrogen (secondary N) is 1. The maximum Gasteiger partial charge on any atom is 0.220 e. The van der Waals surface area contributed by atoms with Crippen molar-refractivity contribution in [2.24, 2.45) is 0 Å². The van der Waals surface area contributed by atoms with E-state index in [-0.39, 0.29) is 12.5 Å². The third-order valence-corrected chi connectivity index (χ3v) is 9.96. The molecular formula is C39H77NO8. The molecule has 1 rings (SSSR count). The quantitative estimate of drug-likeness (QED) is 0.0396. The molecule has 0 spiro atoms. The molecule has 1 amide bonds. The normalized spacial score (nSPS) is 22.5. The topological polar surface area (TPSA) is 149 Å². The Morgan fingerprint density at radius 1 is 0.625 bits per heavy atom. The van der Waals surface area contributed by atoms with Crippen LogP contribution in [0.1, 0.15) is 187 Å². The molecule has 1 heterocycles. The maximum atomic E-state index is 12.9. The first kappa shape index (κ1) is 45.2. The maximum absolute atomic E-state index is 12.9. The minimum Gasteiger partial charge on any atom is -0.394 e. The van der Waals surface area contributed by atoms with E-state index < -0.39 is 49.5 Å². The van der Waals surface area contributed by atoms with Gasteiger partial charge in [-0.1, -0.05) is 168 Å². The van der Waals surface area contributed by atoms with Crippen LogP contribution in [0.4, 0.5) is 0 Å². The number of unbranched alkanes of at least 4 members (excludes halogenated alkanes) is 23. The zero-order valence-corrected chi connectivity index (χ0v) is 31.0. The summed E-state index contributed by atoms with van der Waals surface area (Å²) in [5, 5.41) is 54.1. The first-order chi connectivity index (χ1) is 23.3. The Balaban J connectivity index is 2.38. The Labute approximate surface area is 294 Å². The number of hydrogen-bond acceptors (Lipinski definition) is 8. The van der Waals surface area contributed by atoms with Crippen molar-refractivity contribution in [3.63, 3.8) is 0 Å². The summed E-state index contributed by atoms with van der Waals surface area (Å²) in [6.45, 7) is 3.81. The molecule has 0 saturated carbocycles. The zero-order chi connectivity index (χ0) is 35.2. The lowest BCUT2D eigenvalue weighted by Gasteiger charge is -2.40. The third-order valence-electron chi connectivity index (χ3n) is 9.96. The number of aliphatic hydroxyl groups is 5. The van der Waals surface area contributed by atoms with E-state index in [4.69, 9.17) is 9.47 Å². The summed E-state index contributed by atoms with van der Waals surface area (Å²) in [7, 11) is 0. The van der Waals surface area contributed by atoms with Crippen LogP contribution in [0.25, 0.3) is 0 Å². The highest BCUT2D eigenvalue weighted by Crippen LogP contribution is 2.23.